The van der Waals surface area contributed by atoms with Gasteiger partial charge in [0.15, 0.2) is 12.4 Å². The predicted octanol–water partition coefficient (Wildman–Crippen LogP) is -1.53. The first kappa shape index (κ1) is 17.6. The lowest BCUT2D eigenvalue weighted by Crippen LogP contribution is -2.52. The third kappa shape index (κ3) is 3.27. The lowest BCUT2D eigenvalue weighted by molar-refractivity contribution is -0.240. The molecule has 3 N–H and O–H groups in total. The van der Waals surface area contributed by atoms with Crippen molar-refractivity contribution in [3.63, 3.8) is 0 Å². The van der Waals surface area contributed by atoms with Crippen LogP contribution in [0.15, 0.2) is 0 Å². The Kier molecular flexibility index (Phi) is 5.76. The van der Waals surface area contributed by atoms with Gasteiger partial charge >= 0.3 is 0 Å². The van der Waals surface area contributed by atoms with Crippen molar-refractivity contribution in [2.75, 3.05) is 19.7 Å². The van der Waals surface area contributed by atoms with Crippen LogP contribution in [0.1, 0.15) is 20.8 Å². The molecule has 2 rings (SSSR count). The van der Waals surface area contributed by atoms with Crippen LogP contribution >= 0.6 is 0 Å². The minimum Gasteiger partial charge on any atom is -0.387 e. The number of hydrogen-bond donors (Lipinski definition) is 3. The third-order valence-electron chi connectivity index (χ3n) is 4.20. The summed E-state index contributed by atoms with van der Waals surface area (Å²) in [6.45, 7) is 6.34. The number of rotatable bonds is 5. The Morgan fingerprint density at radius 3 is 2.50 bits per heavy atom. The molecular weight excluding hydrogens is 294 g/mol. The summed E-state index contributed by atoms with van der Waals surface area (Å²) in [5, 5.41) is 30.6. The molecule has 0 aliphatic carbocycles. The van der Waals surface area contributed by atoms with E-state index in [0.29, 0.717) is 13.1 Å². The number of fused-ring (bicyclic) bond motifs is 1. The molecule has 0 radical (unpaired) electrons. The lowest BCUT2D eigenvalue weighted by Gasteiger charge is -2.30. The molecule has 0 saturated carbocycles. The van der Waals surface area contributed by atoms with E-state index in [0.717, 1.165) is 0 Å². The fourth-order valence-electron chi connectivity index (χ4n) is 2.89. The monoisotopic (exact) mass is 319 g/mol. The number of likely N-dealkylation sites (N-methyl/N-ethyl adjacent to an activating group) is 1. The molecule has 2 aliphatic rings. The normalized spacial score (nSPS) is 37.5. The molecule has 128 valence electrons. The Morgan fingerprint density at radius 2 is 1.91 bits per heavy atom. The summed E-state index contributed by atoms with van der Waals surface area (Å²) >= 11 is 0. The lowest BCUT2D eigenvalue weighted by atomic mass is 9.99. The van der Waals surface area contributed by atoms with Gasteiger partial charge in [0.2, 0.25) is 0 Å². The molecular formula is C14H25NO7. The first-order valence-corrected chi connectivity index (χ1v) is 7.66. The molecule has 0 aromatic heterocycles. The highest BCUT2D eigenvalue weighted by molar-refractivity contribution is 5.81. The average Bonchev–Trinajstić information content (AvgIpc) is 2.83. The van der Waals surface area contributed by atoms with Crippen LogP contribution in [0.3, 0.4) is 0 Å². The third-order valence-corrected chi connectivity index (χ3v) is 4.20. The van der Waals surface area contributed by atoms with E-state index >= 15 is 0 Å². The van der Waals surface area contributed by atoms with Crippen LogP contribution < -0.4 is 0 Å². The van der Waals surface area contributed by atoms with Crippen LogP contribution in [0, 0.1) is 0 Å². The largest absolute Gasteiger partial charge is 0.387 e. The van der Waals surface area contributed by atoms with E-state index in [1.165, 1.54) is 4.90 Å². The SMILES string of the molecule is CCN(CC)C(=O)[C@@H](O)[C@@H](O)[C@@H]1O[C@@H]2CO[C@H](C)O[C@@H]2[C@@H]1O. The van der Waals surface area contributed by atoms with E-state index in [-0.39, 0.29) is 6.61 Å². The van der Waals surface area contributed by atoms with Gasteiger partial charge < -0.3 is 34.4 Å². The zero-order valence-corrected chi connectivity index (χ0v) is 13.1. The maximum Gasteiger partial charge on any atom is 0.254 e. The highest BCUT2D eigenvalue weighted by Gasteiger charge is 2.52. The van der Waals surface area contributed by atoms with Crippen molar-refractivity contribution in [1.82, 2.24) is 4.90 Å². The molecule has 22 heavy (non-hydrogen) atoms. The summed E-state index contributed by atoms with van der Waals surface area (Å²) in [5.74, 6) is -0.589. The van der Waals surface area contributed by atoms with Crippen LogP contribution in [-0.2, 0) is 19.0 Å². The predicted molar refractivity (Wildman–Crippen MR) is 74.9 cm³/mol. The summed E-state index contributed by atoms with van der Waals surface area (Å²) in [4.78, 5) is 13.5. The average molecular weight is 319 g/mol. The van der Waals surface area contributed by atoms with Crippen LogP contribution in [0.2, 0.25) is 0 Å². The molecule has 0 unspecified atom stereocenters. The van der Waals surface area contributed by atoms with Gasteiger partial charge in [-0.25, -0.2) is 0 Å². The molecule has 0 aromatic carbocycles. The second kappa shape index (κ2) is 7.20. The van der Waals surface area contributed by atoms with Crippen LogP contribution in [0.5, 0.6) is 0 Å². The molecule has 8 heteroatoms. The molecule has 7 atom stereocenters. The van der Waals surface area contributed by atoms with Crippen molar-refractivity contribution in [3.05, 3.63) is 0 Å². The summed E-state index contributed by atoms with van der Waals surface area (Å²) in [7, 11) is 0. The zero-order chi connectivity index (χ0) is 16.4. The van der Waals surface area contributed by atoms with Gasteiger partial charge in [-0.3, -0.25) is 4.79 Å². The van der Waals surface area contributed by atoms with E-state index in [1.54, 1.807) is 20.8 Å². The molecule has 2 heterocycles. The molecule has 0 spiro atoms. The quantitative estimate of drug-likeness (QED) is 0.564. The van der Waals surface area contributed by atoms with Gasteiger partial charge in [0, 0.05) is 13.1 Å². The van der Waals surface area contributed by atoms with Gasteiger partial charge in [-0.2, -0.15) is 0 Å². The van der Waals surface area contributed by atoms with Gasteiger partial charge in [0.1, 0.15) is 30.5 Å². The van der Waals surface area contributed by atoms with E-state index in [2.05, 4.69) is 0 Å². The van der Waals surface area contributed by atoms with Gasteiger partial charge in [-0.05, 0) is 20.8 Å². The van der Waals surface area contributed by atoms with Crippen molar-refractivity contribution in [2.24, 2.45) is 0 Å². The first-order chi connectivity index (χ1) is 10.4. The Labute approximate surface area is 129 Å². The highest BCUT2D eigenvalue weighted by Crippen LogP contribution is 2.31. The molecule has 0 bridgehead atoms. The smallest absolute Gasteiger partial charge is 0.254 e. The number of ether oxygens (including phenoxy) is 3. The minimum absolute atomic E-state index is 0.228. The number of hydrogen-bond acceptors (Lipinski definition) is 7. The number of aliphatic hydroxyl groups excluding tert-OH is 3. The zero-order valence-electron chi connectivity index (χ0n) is 13.1. The Morgan fingerprint density at radius 1 is 1.27 bits per heavy atom. The first-order valence-electron chi connectivity index (χ1n) is 7.66. The number of nitrogens with zero attached hydrogens (tertiary/aromatic N) is 1. The number of carbonyl (C=O) groups excluding carboxylic acids is 1. The summed E-state index contributed by atoms with van der Waals surface area (Å²) < 4.78 is 16.2. The number of aliphatic hydroxyl groups is 3. The summed E-state index contributed by atoms with van der Waals surface area (Å²) in [6, 6.07) is 0. The van der Waals surface area contributed by atoms with Crippen LogP contribution in [-0.4, -0.2) is 88.7 Å². The van der Waals surface area contributed by atoms with Crippen molar-refractivity contribution in [2.45, 2.75) is 63.7 Å². The molecule has 0 aromatic rings. The highest BCUT2D eigenvalue weighted by atomic mass is 16.7. The van der Waals surface area contributed by atoms with E-state index in [9.17, 15) is 20.1 Å². The number of carbonyl (C=O) groups is 1. The molecule has 2 aliphatic heterocycles. The maximum atomic E-state index is 12.1. The van der Waals surface area contributed by atoms with Crippen LogP contribution in [0.4, 0.5) is 0 Å². The van der Waals surface area contributed by atoms with Gasteiger partial charge in [-0.1, -0.05) is 0 Å². The van der Waals surface area contributed by atoms with Crippen molar-refractivity contribution in [1.29, 1.82) is 0 Å². The molecule has 8 nitrogen and oxygen atoms in total. The summed E-state index contributed by atoms with van der Waals surface area (Å²) in [6.07, 6.45) is -7.06. The van der Waals surface area contributed by atoms with E-state index in [4.69, 9.17) is 14.2 Å². The Balaban J connectivity index is 2.03. The van der Waals surface area contributed by atoms with Crippen LogP contribution in [0.25, 0.3) is 0 Å². The van der Waals surface area contributed by atoms with Crippen molar-refractivity contribution in [3.8, 4) is 0 Å². The van der Waals surface area contributed by atoms with E-state index < -0.39 is 48.8 Å². The van der Waals surface area contributed by atoms with Crippen molar-refractivity contribution >= 4 is 5.91 Å². The standard InChI is InChI=1S/C14H25NO7/c1-4-15(5-2)14(19)10(17)9(16)13-11(18)12-8(22-13)6-20-7(3)21-12/h7-13,16-18H,4-6H2,1-3H3/t7-,8+,9+,10-,11-,12-,13-/m0/s1. The van der Waals surface area contributed by atoms with Gasteiger partial charge in [0.25, 0.3) is 5.91 Å². The Bertz CT molecular complexity index is 389. The molecule has 2 saturated heterocycles. The van der Waals surface area contributed by atoms with E-state index in [1.807, 2.05) is 0 Å². The second-order valence-corrected chi connectivity index (χ2v) is 5.58. The fourth-order valence-corrected chi connectivity index (χ4v) is 2.89. The van der Waals surface area contributed by atoms with Gasteiger partial charge in [-0.15, -0.1) is 0 Å². The van der Waals surface area contributed by atoms with Crippen molar-refractivity contribution < 1.29 is 34.3 Å². The fraction of sp³-hybridized carbons (Fsp3) is 0.929. The maximum absolute atomic E-state index is 12.1. The summed E-state index contributed by atoms with van der Waals surface area (Å²) in [5.41, 5.74) is 0. The minimum atomic E-state index is -1.65. The Hall–Kier alpha value is -0.770. The van der Waals surface area contributed by atoms with Gasteiger partial charge in [0.05, 0.1) is 6.61 Å². The molecule has 1 amide bonds. The second-order valence-electron chi connectivity index (χ2n) is 5.58. The molecule has 2 fully saturated rings. The topological polar surface area (TPSA) is 109 Å². The number of amides is 1.